The molecule has 1 rings (SSSR count). The van der Waals surface area contributed by atoms with Crippen LogP contribution >= 0.6 is 0 Å². The van der Waals surface area contributed by atoms with Gasteiger partial charge in [0.2, 0.25) is 0 Å². The van der Waals surface area contributed by atoms with Crippen LogP contribution in [-0.4, -0.2) is 5.23 Å². The van der Waals surface area contributed by atoms with E-state index < -0.39 is 0 Å². The van der Waals surface area contributed by atoms with Gasteiger partial charge in [-0.1, -0.05) is 0 Å². The van der Waals surface area contributed by atoms with Crippen molar-refractivity contribution >= 4 is 0 Å². The van der Waals surface area contributed by atoms with E-state index in [0.29, 0.717) is 10.9 Å². The molecule has 4 heteroatoms. The van der Waals surface area contributed by atoms with Crippen LogP contribution in [0.5, 0.6) is 0 Å². The first-order valence-electron chi connectivity index (χ1n) is 2.29. The maximum Gasteiger partial charge on any atom is 0.0575 e. The van der Waals surface area contributed by atoms with E-state index in [1.807, 2.05) is 0 Å². The van der Waals surface area contributed by atoms with Gasteiger partial charge in [0.15, 0.2) is 0 Å². The lowest BCUT2D eigenvalue weighted by molar-refractivity contribution is -0.116. The van der Waals surface area contributed by atoms with Gasteiger partial charge in [0.05, 0.1) is 5.70 Å². The third kappa shape index (κ3) is 0.635. The maximum absolute atomic E-state index is 10.4. The molecule has 1 aliphatic rings. The summed E-state index contributed by atoms with van der Waals surface area (Å²) in [5.41, 5.74) is 3.75. The van der Waals surface area contributed by atoms with Crippen LogP contribution in [0.25, 0.3) is 0 Å². The molecule has 0 aromatic heterocycles. The van der Waals surface area contributed by atoms with Gasteiger partial charge in [-0.15, -0.1) is 0 Å². The Bertz CT molecular complexity index is 132. The smallest absolute Gasteiger partial charge is 0.0575 e. The minimum absolute atomic E-state index is 0.440. The quantitative estimate of drug-likeness (QED) is 0.499. The van der Waals surface area contributed by atoms with Gasteiger partial charge in [0, 0.05) is 5.70 Å². The molecular formula is C4H7N2O2-. The van der Waals surface area contributed by atoms with Crippen molar-refractivity contribution in [2.75, 3.05) is 0 Å². The number of hydrogen-bond donors (Lipinski definition) is 1. The van der Waals surface area contributed by atoms with Gasteiger partial charge in [-0.3, -0.25) is 5.23 Å². The van der Waals surface area contributed by atoms with Crippen molar-refractivity contribution in [3.05, 3.63) is 16.6 Å². The first-order valence-corrected chi connectivity index (χ1v) is 2.29. The fraction of sp³-hybridized carbons (Fsp3) is 0.500. The molecule has 0 saturated carbocycles. The van der Waals surface area contributed by atoms with Crippen molar-refractivity contribution in [1.29, 1.82) is 0 Å². The third-order valence-corrected chi connectivity index (χ3v) is 1.10. The fourth-order valence-corrected chi connectivity index (χ4v) is 0.389. The van der Waals surface area contributed by atoms with Gasteiger partial charge in [-0.25, -0.2) is 5.48 Å². The molecule has 0 atom stereocenters. The highest BCUT2D eigenvalue weighted by molar-refractivity contribution is 5.06. The van der Waals surface area contributed by atoms with Crippen molar-refractivity contribution in [2.24, 2.45) is 0 Å². The summed E-state index contributed by atoms with van der Waals surface area (Å²) in [5.74, 6) is 0. The Kier molecular flexibility index (Phi) is 1.11. The molecule has 46 valence electrons. The van der Waals surface area contributed by atoms with Gasteiger partial charge < -0.3 is 5.21 Å². The number of allylic oxidation sites excluding steroid dienone is 2. The first kappa shape index (κ1) is 5.40. The van der Waals surface area contributed by atoms with Crippen molar-refractivity contribution in [3.63, 3.8) is 0 Å². The second kappa shape index (κ2) is 1.65. The monoisotopic (exact) mass is 115 g/mol. The van der Waals surface area contributed by atoms with Crippen LogP contribution < -0.4 is 5.48 Å². The molecule has 0 aliphatic carbocycles. The van der Waals surface area contributed by atoms with E-state index in [0.717, 1.165) is 5.70 Å². The second-order valence-electron chi connectivity index (χ2n) is 1.66. The highest BCUT2D eigenvalue weighted by Crippen LogP contribution is 2.11. The minimum atomic E-state index is 0.440. The highest BCUT2D eigenvalue weighted by atomic mass is 17.0. The van der Waals surface area contributed by atoms with Gasteiger partial charge in [-0.05, 0) is 13.8 Å². The average Bonchev–Trinajstić information content (AvgIpc) is 1.98. The molecule has 8 heavy (non-hydrogen) atoms. The Morgan fingerprint density at radius 2 is 2.25 bits per heavy atom. The van der Waals surface area contributed by atoms with Crippen LogP contribution in [0.4, 0.5) is 0 Å². The van der Waals surface area contributed by atoms with Gasteiger partial charge in [0.25, 0.3) is 0 Å². The summed E-state index contributed by atoms with van der Waals surface area (Å²) in [6.07, 6.45) is 0. The predicted molar refractivity (Wildman–Crippen MR) is 27.8 cm³/mol. The maximum atomic E-state index is 10.4. The van der Waals surface area contributed by atoms with Gasteiger partial charge in [-0.2, -0.15) is 4.94 Å². The summed E-state index contributed by atoms with van der Waals surface area (Å²) < 4.78 is 0. The van der Waals surface area contributed by atoms with Crippen molar-refractivity contribution in [3.8, 4) is 0 Å². The molecule has 0 bridgehead atoms. The van der Waals surface area contributed by atoms with E-state index in [2.05, 4.69) is 10.4 Å². The van der Waals surface area contributed by atoms with Crippen LogP contribution in [0.15, 0.2) is 11.4 Å². The molecule has 0 saturated heterocycles. The zero-order valence-electron chi connectivity index (χ0n) is 4.76. The van der Waals surface area contributed by atoms with Gasteiger partial charge in [0.1, 0.15) is 0 Å². The Morgan fingerprint density at radius 3 is 2.38 bits per heavy atom. The zero-order chi connectivity index (χ0) is 6.15. The molecule has 1 heterocycles. The molecule has 4 nitrogen and oxygen atoms in total. The van der Waals surface area contributed by atoms with Crippen LogP contribution in [0.1, 0.15) is 13.8 Å². The lowest BCUT2D eigenvalue weighted by Gasteiger charge is -2.20. The lowest BCUT2D eigenvalue weighted by atomic mass is 10.4. The van der Waals surface area contributed by atoms with Crippen LogP contribution in [0, 0.1) is 5.21 Å². The average molecular weight is 115 g/mol. The van der Waals surface area contributed by atoms with E-state index in [9.17, 15) is 5.21 Å². The molecule has 0 unspecified atom stereocenters. The largest absolute Gasteiger partial charge is 0.732 e. The Balaban J connectivity index is 2.71. The van der Waals surface area contributed by atoms with Crippen LogP contribution in [0.2, 0.25) is 0 Å². The number of nitrogens with one attached hydrogen (secondary N) is 1. The summed E-state index contributed by atoms with van der Waals surface area (Å²) in [6, 6.07) is 0. The number of hydrogen-bond acceptors (Lipinski definition) is 4. The summed E-state index contributed by atoms with van der Waals surface area (Å²) in [7, 11) is 0. The molecule has 0 radical (unpaired) electrons. The molecule has 0 fully saturated rings. The molecule has 1 aliphatic heterocycles. The molecule has 0 spiro atoms. The van der Waals surface area contributed by atoms with Crippen molar-refractivity contribution < 1.29 is 4.94 Å². The van der Waals surface area contributed by atoms with Gasteiger partial charge >= 0.3 is 0 Å². The highest BCUT2D eigenvalue weighted by Gasteiger charge is 2.06. The first-order chi connectivity index (χ1) is 3.72. The van der Waals surface area contributed by atoms with Crippen molar-refractivity contribution in [1.82, 2.24) is 10.7 Å². The third-order valence-electron chi connectivity index (χ3n) is 1.10. The summed E-state index contributed by atoms with van der Waals surface area (Å²) in [6.45, 7) is 3.45. The Labute approximate surface area is 47.2 Å². The predicted octanol–water partition coefficient (Wildman–Crippen LogP) is 0.487. The molecule has 0 amide bonds. The number of hydroxylamine groups is 3. The zero-order valence-corrected chi connectivity index (χ0v) is 4.76. The Morgan fingerprint density at radius 1 is 1.62 bits per heavy atom. The summed E-state index contributed by atoms with van der Waals surface area (Å²) in [4.78, 5) is 4.33. The van der Waals surface area contributed by atoms with E-state index in [4.69, 9.17) is 0 Å². The van der Waals surface area contributed by atoms with E-state index in [1.165, 1.54) is 0 Å². The van der Waals surface area contributed by atoms with E-state index in [1.54, 1.807) is 13.8 Å². The Hall–Kier alpha value is -0.740. The second-order valence-corrected chi connectivity index (χ2v) is 1.66. The van der Waals surface area contributed by atoms with Crippen LogP contribution in [-0.2, 0) is 4.94 Å². The molecular weight excluding hydrogens is 108 g/mol. The number of rotatable bonds is 0. The number of nitrogens with zero attached hydrogens (tertiary/aromatic N) is 1. The van der Waals surface area contributed by atoms with E-state index >= 15 is 0 Å². The standard InChI is InChI=1S/C4H7N2O2/c1-3-4(2)6(7)8-5-3/h5H,1-2H3/q-1. The summed E-state index contributed by atoms with van der Waals surface area (Å²) in [5, 5.41) is 10.8. The molecule has 0 aromatic rings. The molecule has 0 aromatic carbocycles. The minimum Gasteiger partial charge on any atom is -0.732 e. The molecule has 1 N–H and O–H groups in total. The summed E-state index contributed by atoms with van der Waals surface area (Å²) >= 11 is 0. The lowest BCUT2D eigenvalue weighted by Crippen LogP contribution is -2.12. The fourth-order valence-electron chi connectivity index (χ4n) is 0.389. The van der Waals surface area contributed by atoms with Crippen LogP contribution in [0.3, 0.4) is 0 Å². The normalized spacial score (nSPS) is 19.6. The van der Waals surface area contributed by atoms with E-state index in [-0.39, 0.29) is 0 Å². The topological polar surface area (TPSA) is 47.6 Å². The van der Waals surface area contributed by atoms with Crippen molar-refractivity contribution in [2.45, 2.75) is 13.8 Å². The SMILES string of the molecule is CC1=C(C)N([O-])ON1.